The molecule has 1 aromatic rings. The smallest absolute Gasteiger partial charge is 0.106 e. The van der Waals surface area contributed by atoms with Gasteiger partial charge in [-0.3, -0.25) is 0 Å². The van der Waals surface area contributed by atoms with E-state index in [4.69, 9.17) is 29.6 Å². The van der Waals surface area contributed by atoms with Gasteiger partial charge in [0.2, 0.25) is 0 Å². The molecule has 3 N–H and O–H groups in total. The molecule has 1 aromatic carbocycles. The first-order valence-electron chi connectivity index (χ1n) is 5.37. The number of benzene rings is 1. The van der Waals surface area contributed by atoms with Crippen LogP contribution < -0.4 is 11.1 Å². The zero-order chi connectivity index (χ0) is 12.1. The maximum atomic E-state index is 5.91. The SMILES string of the molecule is CCC(C)CNc1ccc(Cl)cc1C(N)=S. The lowest BCUT2D eigenvalue weighted by atomic mass is 10.1. The summed E-state index contributed by atoms with van der Waals surface area (Å²) >= 11 is 10.9. The molecule has 0 heterocycles. The van der Waals surface area contributed by atoms with E-state index >= 15 is 0 Å². The first kappa shape index (κ1) is 13.3. The van der Waals surface area contributed by atoms with Gasteiger partial charge < -0.3 is 11.1 Å². The average Bonchev–Trinajstić information content (AvgIpc) is 2.26. The van der Waals surface area contributed by atoms with Crippen LogP contribution in [0.1, 0.15) is 25.8 Å². The summed E-state index contributed by atoms with van der Waals surface area (Å²) in [6.07, 6.45) is 1.14. The molecule has 1 atom stereocenters. The van der Waals surface area contributed by atoms with Crippen LogP contribution >= 0.6 is 23.8 Å². The van der Waals surface area contributed by atoms with E-state index in [1.807, 2.05) is 12.1 Å². The lowest BCUT2D eigenvalue weighted by Gasteiger charge is -2.14. The highest BCUT2D eigenvalue weighted by Gasteiger charge is 2.07. The molecular weight excluding hydrogens is 240 g/mol. The van der Waals surface area contributed by atoms with Crippen molar-refractivity contribution in [1.29, 1.82) is 0 Å². The lowest BCUT2D eigenvalue weighted by Crippen LogP contribution is -2.16. The summed E-state index contributed by atoms with van der Waals surface area (Å²) in [6, 6.07) is 5.55. The van der Waals surface area contributed by atoms with Crippen LogP contribution in [-0.4, -0.2) is 11.5 Å². The monoisotopic (exact) mass is 256 g/mol. The van der Waals surface area contributed by atoms with E-state index < -0.39 is 0 Å². The number of thiocarbonyl (C=S) groups is 1. The third-order valence-corrected chi connectivity index (χ3v) is 3.04. The van der Waals surface area contributed by atoms with E-state index in [1.165, 1.54) is 0 Å². The maximum Gasteiger partial charge on any atom is 0.106 e. The summed E-state index contributed by atoms with van der Waals surface area (Å²) in [7, 11) is 0. The third kappa shape index (κ3) is 3.65. The molecule has 0 radical (unpaired) electrons. The van der Waals surface area contributed by atoms with Crippen molar-refractivity contribution in [3.63, 3.8) is 0 Å². The number of rotatable bonds is 5. The number of nitrogens with one attached hydrogen (secondary N) is 1. The van der Waals surface area contributed by atoms with Gasteiger partial charge >= 0.3 is 0 Å². The molecule has 0 spiro atoms. The Bertz CT molecular complexity index is 379. The summed E-state index contributed by atoms with van der Waals surface area (Å²) in [5, 5.41) is 4.00. The van der Waals surface area contributed by atoms with Gasteiger partial charge in [-0.25, -0.2) is 0 Å². The van der Waals surface area contributed by atoms with Gasteiger partial charge in [0.05, 0.1) is 0 Å². The van der Waals surface area contributed by atoms with Gasteiger partial charge in [-0.2, -0.15) is 0 Å². The van der Waals surface area contributed by atoms with Gasteiger partial charge in [0.1, 0.15) is 4.99 Å². The molecule has 0 aromatic heterocycles. The summed E-state index contributed by atoms with van der Waals surface area (Å²) in [5.41, 5.74) is 7.42. The van der Waals surface area contributed by atoms with Crippen LogP contribution in [0, 0.1) is 5.92 Å². The molecule has 2 nitrogen and oxygen atoms in total. The van der Waals surface area contributed by atoms with E-state index in [1.54, 1.807) is 6.07 Å². The fraction of sp³-hybridized carbons (Fsp3) is 0.417. The highest BCUT2D eigenvalue weighted by molar-refractivity contribution is 7.80. The quantitative estimate of drug-likeness (QED) is 0.793. The molecule has 0 aliphatic carbocycles. The molecule has 0 aliphatic rings. The topological polar surface area (TPSA) is 38.0 Å². The fourth-order valence-corrected chi connectivity index (χ4v) is 1.64. The Morgan fingerprint density at radius 3 is 2.81 bits per heavy atom. The van der Waals surface area contributed by atoms with Crippen LogP contribution in [0.3, 0.4) is 0 Å². The Kier molecular flexibility index (Phi) is 5.03. The predicted octanol–water partition coefficient (Wildman–Crippen LogP) is 3.43. The van der Waals surface area contributed by atoms with Gasteiger partial charge in [0, 0.05) is 22.8 Å². The van der Waals surface area contributed by atoms with Crippen molar-refractivity contribution in [2.24, 2.45) is 11.7 Å². The fourth-order valence-electron chi connectivity index (χ4n) is 1.30. The van der Waals surface area contributed by atoms with Gasteiger partial charge in [0.15, 0.2) is 0 Å². The van der Waals surface area contributed by atoms with E-state index in [0.717, 1.165) is 24.2 Å². The Labute approximate surface area is 107 Å². The summed E-state index contributed by atoms with van der Waals surface area (Å²) in [6.45, 7) is 5.28. The molecule has 0 amide bonds. The third-order valence-electron chi connectivity index (χ3n) is 2.58. The highest BCUT2D eigenvalue weighted by Crippen LogP contribution is 2.21. The van der Waals surface area contributed by atoms with Crippen LogP contribution in [0.4, 0.5) is 5.69 Å². The zero-order valence-electron chi connectivity index (χ0n) is 9.59. The van der Waals surface area contributed by atoms with E-state index in [-0.39, 0.29) is 0 Å². The molecule has 1 unspecified atom stereocenters. The van der Waals surface area contributed by atoms with Crippen molar-refractivity contribution in [1.82, 2.24) is 0 Å². The second kappa shape index (κ2) is 6.06. The zero-order valence-corrected chi connectivity index (χ0v) is 11.2. The average molecular weight is 257 g/mol. The highest BCUT2D eigenvalue weighted by atomic mass is 35.5. The molecular formula is C12H17ClN2S. The minimum absolute atomic E-state index is 0.370. The molecule has 0 saturated carbocycles. The van der Waals surface area contributed by atoms with E-state index in [9.17, 15) is 0 Å². The van der Waals surface area contributed by atoms with E-state index in [2.05, 4.69) is 19.2 Å². The molecule has 88 valence electrons. The van der Waals surface area contributed by atoms with Gasteiger partial charge in [-0.15, -0.1) is 0 Å². The van der Waals surface area contributed by atoms with Crippen LogP contribution in [0.25, 0.3) is 0 Å². The molecule has 0 bridgehead atoms. The van der Waals surface area contributed by atoms with Crippen molar-refractivity contribution in [2.75, 3.05) is 11.9 Å². The summed E-state index contributed by atoms with van der Waals surface area (Å²) < 4.78 is 0. The maximum absolute atomic E-state index is 5.91. The van der Waals surface area contributed by atoms with E-state index in [0.29, 0.717) is 15.9 Å². The van der Waals surface area contributed by atoms with Gasteiger partial charge in [-0.1, -0.05) is 44.1 Å². The van der Waals surface area contributed by atoms with Crippen LogP contribution in [0.2, 0.25) is 5.02 Å². The number of hydrogen-bond acceptors (Lipinski definition) is 2. The first-order chi connectivity index (χ1) is 7.54. The molecule has 16 heavy (non-hydrogen) atoms. The minimum Gasteiger partial charge on any atom is -0.389 e. The van der Waals surface area contributed by atoms with Crippen molar-refractivity contribution >= 4 is 34.5 Å². The van der Waals surface area contributed by atoms with Crippen molar-refractivity contribution in [3.05, 3.63) is 28.8 Å². The number of anilines is 1. The van der Waals surface area contributed by atoms with Crippen LogP contribution in [0.5, 0.6) is 0 Å². The summed E-state index contributed by atoms with van der Waals surface area (Å²) in [5.74, 6) is 0.620. The van der Waals surface area contributed by atoms with Crippen molar-refractivity contribution in [3.8, 4) is 0 Å². The molecule has 0 saturated heterocycles. The van der Waals surface area contributed by atoms with Crippen molar-refractivity contribution in [2.45, 2.75) is 20.3 Å². The van der Waals surface area contributed by atoms with Gasteiger partial charge in [0.25, 0.3) is 0 Å². The summed E-state index contributed by atoms with van der Waals surface area (Å²) in [4.78, 5) is 0.370. The standard InChI is InChI=1S/C12H17ClN2S/c1-3-8(2)7-15-11-5-4-9(13)6-10(11)12(14)16/h4-6,8,15H,3,7H2,1-2H3,(H2,14,16). The largest absolute Gasteiger partial charge is 0.389 e. The van der Waals surface area contributed by atoms with Gasteiger partial charge in [-0.05, 0) is 24.1 Å². The van der Waals surface area contributed by atoms with Crippen LogP contribution in [0.15, 0.2) is 18.2 Å². The first-order valence-corrected chi connectivity index (χ1v) is 6.16. The second-order valence-electron chi connectivity index (χ2n) is 3.95. The Morgan fingerprint density at radius 1 is 1.56 bits per heavy atom. The molecule has 0 fully saturated rings. The number of nitrogens with two attached hydrogens (primary N) is 1. The lowest BCUT2D eigenvalue weighted by molar-refractivity contribution is 0.593. The molecule has 4 heteroatoms. The number of halogens is 1. The minimum atomic E-state index is 0.370. The normalized spacial score (nSPS) is 12.2. The predicted molar refractivity (Wildman–Crippen MR) is 75.3 cm³/mol. The number of hydrogen-bond donors (Lipinski definition) is 2. The Balaban J connectivity index is 2.82. The Hall–Kier alpha value is -0.800. The molecule has 0 aliphatic heterocycles. The molecule has 1 rings (SSSR count). The van der Waals surface area contributed by atoms with Crippen LogP contribution in [-0.2, 0) is 0 Å². The second-order valence-corrected chi connectivity index (χ2v) is 4.82. The van der Waals surface area contributed by atoms with Crippen molar-refractivity contribution < 1.29 is 0 Å². The Morgan fingerprint density at radius 2 is 2.25 bits per heavy atom.